The highest BCUT2D eigenvalue weighted by atomic mass is 16.5. The van der Waals surface area contributed by atoms with Crippen LogP contribution in [0.3, 0.4) is 0 Å². The summed E-state index contributed by atoms with van der Waals surface area (Å²) in [6.45, 7) is -0.194. The van der Waals surface area contributed by atoms with Gasteiger partial charge in [-0.3, -0.25) is 0 Å². The van der Waals surface area contributed by atoms with E-state index in [1.165, 1.54) is 0 Å². The van der Waals surface area contributed by atoms with E-state index >= 15 is 0 Å². The normalized spacial score (nSPS) is 12.6. The van der Waals surface area contributed by atoms with Gasteiger partial charge >= 0.3 is 0 Å². The van der Waals surface area contributed by atoms with Crippen molar-refractivity contribution in [2.75, 3.05) is 13.7 Å². The Kier molecular flexibility index (Phi) is 3.88. The molecule has 0 spiro atoms. The van der Waals surface area contributed by atoms with Crippen molar-refractivity contribution in [3.63, 3.8) is 0 Å². The Labute approximate surface area is 82.9 Å². The lowest BCUT2D eigenvalue weighted by atomic mass is 10.0. The van der Waals surface area contributed by atoms with Crippen molar-refractivity contribution in [3.05, 3.63) is 29.3 Å². The third-order valence-electron chi connectivity index (χ3n) is 2.07. The molecule has 0 radical (unpaired) electrons. The molecule has 0 saturated heterocycles. The average molecular weight is 197 g/mol. The first-order valence-electron chi connectivity index (χ1n) is 4.37. The highest BCUT2D eigenvalue weighted by Crippen LogP contribution is 2.24. The first kappa shape index (κ1) is 11.0. The van der Waals surface area contributed by atoms with Gasteiger partial charge in [0.1, 0.15) is 5.75 Å². The Morgan fingerprint density at radius 3 is 2.64 bits per heavy atom. The molecule has 78 valence electrons. The number of aliphatic hydroxyl groups excluding tert-OH is 2. The zero-order valence-electron chi connectivity index (χ0n) is 8.10. The molecule has 0 fully saturated rings. The number of hydrogen-bond donors (Lipinski definition) is 3. The number of benzene rings is 1. The van der Waals surface area contributed by atoms with Crippen molar-refractivity contribution in [1.82, 2.24) is 0 Å². The lowest BCUT2D eigenvalue weighted by molar-refractivity contribution is 0.263. The first-order chi connectivity index (χ1) is 6.72. The number of aliphatic hydroxyl groups is 2. The quantitative estimate of drug-likeness (QED) is 0.643. The van der Waals surface area contributed by atoms with Crippen molar-refractivity contribution in [2.45, 2.75) is 12.6 Å². The van der Waals surface area contributed by atoms with Crippen molar-refractivity contribution >= 4 is 0 Å². The predicted molar refractivity (Wildman–Crippen MR) is 52.9 cm³/mol. The van der Waals surface area contributed by atoms with Crippen LogP contribution < -0.4 is 10.5 Å². The molecule has 0 heterocycles. The second-order valence-corrected chi connectivity index (χ2v) is 3.02. The molecule has 1 unspecified atom stereocenters. The van der Waals surface area contributed by atoms with E-state index < -0.39 is 6.04 Å². The van der Waals surface area contributed by atoms with Gasteiger partial charge in [-0.15, -0.1) is 0 Å². The molecule has 1 aromatic rings. The summed E-state index contributed by atoms with van der Waals surface area (Å²) in [5.41, 5.74) is 7.15. The summed E-state index contributed by atoms with van der Waals surface area (Å²) in [6.07, 6.45) is 0. The molecule has 4 N–H and O–H groups in total. The summed E-state index contributed by atoms with van der Waals surface area (Å²) < 4.78 is 5.10. The van der Waals surface area contributed by atoms with Gasteiger partial charge in [-0.25, -0.2) is 0 Å². The van der Waals surface area contributed by atoms with Gasteiger partial charge in [-0.05, 0) is 17.7 Å². The molecule has 1 rings (SSSR count). The lowest BCUT2D eigenvalue weighted by Crippen LogP contribution is -2.15. The summed E-state index contributed by atoms with van der Waals surface area (Å²) in [5.74, 6) is 0.628. The topological polar surface area (TPSA) is 75.7 Å². The van der Waals surface area contributed by atoms with Gasteiger partial charge in [0.15, 0.2) is 0 Å². The van der Waals surface area contributed by atoms with E-state index in [9.17, 15) is 0 Å². The highest BCUT2D eigenvalue weighted by Gasteiger charge is 2.11. The van der Waals surface area contributed by atoms with Crippen LogP contribution in [0.15, 0.2) is 18.2 Å². The summed E-state index contributed by atoms with van der Waals surface area (Å²) in [4.78, 5) is 0. The zero-order valence-corrected chi connectivity index (χ0v) is 8.10. The SMILES string of the molecule is COc1ccc(CO)cc1C(N)CO. The number of rotatable bonds is 4. The van der Waals surface area contributed by atoms with Crippen LogP contribution in [0.5, 0.6) is 5.75 Å². The molecule has 14 heavy (non-hydrogen) atoms. The number of hydrogen-bond acceptors (Lipinski definition) is 4. The Balaban J connectivity index is 3.08. The van der Waals surface area contributed by atoms with Crippen molar-refractivity contribution in [3.8, 4) is 5.75 Å². The minimum atomic E-state index is -0.476. The standard InChI is InChI=1S/C10H15NO3/c1-14-10-3-2-7(5-12)4-8(10)9(11)6-13/h2-4,9,12-13H,5-6,11H2,1H3. The van der Waals surface area contributed by atoms with E-state index in [0.717, 1.165) is 5.56 Å². The van der Waals surface area contributed by atoms with E-state index in [0.29, 0.717) is 11.3 Å². The zero-order chi connectivity index (χ0) is 10.6. The Bertz CT molecular complexity index is 301. The number of methoxy groups -OCH3 is 1. The summed E-state index contributed by atoms with van der Waals surface area (Å²) in [7, 11) is 1.54. The van der Waals surface area contributed by atoms with Gasteiger partial charge in [0.2, 0.25) is 0 Å². The number of nitrogens with two attached hydrogens (primary N) is 1. The van der Waals surface area contributed by atoms with Crippen LogP contribution in [0.25, 0.3) is 0 Å². The molecule has 0 aliphatic carbocycles. The maximum absolute atomic E-state index is 8.94. The van der Waals surface area contributed by atoms with Crippen LogP contribution in [-0.4, -0.2) is 23.9 Å². The second kappa shape index (κ2) is 4.95. The molecule has 0 aliphatic rings. The first-order valence-corrected chi connectivity index (χ1v) is 4.37. The summed E-state index contributed by atoms with van der Waals surface area (Å²) in [6, 6.07) is 4.75. The Morgan fingerprint density at radius 1 is 1.43 bits per heavy atom. The highest BCUT2D eigenvalue weighted by molar-refractivity contribution is 5.39. The monoisotopic (exact) mass is 197 g/mol. The fourth-order valence-corrected chi connectivity index (χ4v) is 1.27. The molecule has 4 heteroatoms. The van der Waals surface area contributed by atoms with E-state index in [-0.39, 0.29) is 13.2 Å². The Hall–Kier alpha value is -1.10. The maximum Gasteiger partial charge on any atom is 0.123 e. The van der Waals surface area contributed by atoms with Gasteiger partial charge in [0, 0.05) is 5.56 Å². The van der Waals surface area contributed by atoms with Gasteiger partial charge in [-0.2, -0.15) is 0 Å². The van der Waals surface area contributed by atoms with Crippen LogP contribution in [0.2, 0.25) is 0 Å². The molecule has 0 amide bonds. The van der Waals surface area contributed by atoms with Crippen molar-refractivity contribution in [1.29, 1.82) is 0 Å². The molecule has 1 aromatic carbocycles. The maximum atomic E-state index is 8.94. The predicted octanol–water partition coefficient (Wildman–Crippen LogP) is 0.180. The third-order valence-corrected chi connectivity index (χ3v) is 2.07. The van der Waals surface area contributed by atoms with Crippen LogP contribution in [0.4, 0.5) is 0 Å². The molecule has 0 saturated carbocycles. The average Bonchev–Trinajstić information content (AvgIpc) is 2.27. The van der Waals surface area contributed by atoms with Gasteiger partial charge in [0.25, 0.3) is 0 Å². The molecule has 1 atom stereocenters. The third kappa shape index (κ3) is 2.23. The fourth-order valence-electron chi connectivity index (χ4n) is 1.27. The van der Waals surface area contributed by atoms with Crippen LogP contribution in [-0.2, 0) is 6.61 Å². The van der Waals surface area contributed by atoms with E-state index in [2.05, 4.69) is 0 Å². The molecule has 0 aliphatic heterocycles. The van der Waals surface area contributed by atoms with Gasteiger partial charge in [0.05, 0.1) is 26.4 Å². The van der Waals surface area contributed by atoms with E-state index in [1.54, 1.807) is 25.3 Å². The number of ether oxygens (including phenoxy) is 1. The summed E-state index contributed by atoms with van der Waals surface area (Å²) >= 11 is 0. The smallest absolute Gasteiger partial charge is 0.123 e. The summed E-state index contributed by atoms with van der Waals surface area (Å²) in [5, 5.41) is 17.9. The molecule has 0 bridgehead atoms. The van der Waals surface area contributed by atoms with Gasteiger partial charge in [-0.1, -0.05) is 6.07 Å². The van der Waals surface area contributed by atoms with Gasteiger partial charge < -0.3 is 20.7 Å². The van der Waals surface area contributed by atoms with E-state index in [4.69, 9.17) is 20.7 Å². The van der Waals surface area contributed by atoms with Crippen molar-refractivity contribution < 1.29 is 14.9 Å². The molecule has 0 aromatic heterocycles. The van der Waals surface area contributed by atoms with Crippen LogP contribution in [0.1, 0.15) is 17.2 Å². The largest absolute Gasteiger partial charge is 0.496 e. The lowest BCUT2D eigenvalue weighted by Gasteiger charge is -2.14. The molecular formula is C10H15NO3. The molecule has 4 nitrogen and oxygen atoms in total. The second-order valence-electron chi connectivity index (χ2n) is 3.02. The molecular weight excluding hydrogens is 182 g/mol. The van der Waals surface area contributed by atoms with Crippen LogP contribution in [0, 0.1) is 0 Å². The Morgan fingerprint density at radius 2 is 2.14 bits per heavy atom. The fraction of sp³-hybridized carbons (Fsp3) is 0.400. The minimum Gasteiger partial charge on any atom is -0.496 e. The van der Waals surface area contributed by atoms with E-state index in [1.807, 2.05) is 0 Å². The van der Waals surface area contributed by atoms with Crippen molar-refractivity contribution in [2.24, 2.45) is 5.73 Å². The minimum absolute atomic E-state index is 0.0465. The van der Waals surface area contributed by atoms with Crippen LogP contribution >= 0.6 is 0 Å².